The highest BCUT2D eigenvalue weighted by Gasteiger charge is 2.36. The second-order valence-corrected chi connectivity index (χ2v) is 5.61. The normalized spacial score (nSPS) is 35.3. The molecule has 0 aromatic heterocycles. The molecule has 1 saturated carbocycles. The minimum atomic E-state index is -0.0447. The lowest BCUT2D eigenvalue weighted by atomic mass is 9.80. The van der Waals surface area contributed by atoms with Gasteiger partial charge in [0.05, 0.1) is 6.10 Å². The molecule has 0 bridgehead atoms. The number of ether oxygens (including phenoxy) is 1. The van der Waals surface area contributed by atoms with Gasteiger partial charge in [-0.2, -0.15) is 0 Å². The lowest BCUT2D eigenvalue weighted by molar-refractivity contribution is 0.0204. The lowest BCUT2D eigenvalue weighted by Crippen LogP contribution is -2.43. The average Bonchev–Trinajstić information content (AvgIpc) is 2.78. The maximum absolute atomic E-state index is 10.2. The van der Waals surface area contributed by atoms with Crippen LogP contribution in [0.1, 0.15) is 44.9 Å². The third kappa shape index (κ3) is 3.43. The van der Waals surface area contributed by atoms with Crippen LogP contribution in [0, 0.1) is 5.92 Å². The summed E-state index contributed by atoms with van der Waals surface area (Å²) in [6, 6.07) is 0.641. The number of hydrogen-bond donors (Lipinski definition) is 1. The molecule has 1 heterocycles. The second-order valence-electron chi connectivity index (χ2n) is 5.61. The zero-order chi connectivity index (χ0) is 12.1. The monoisotopic (exact) mass is 241 g/mol. The molecular weight excluding hydrogens is 214 g/mol. The van der Waals surface area contributed by atoms with Crippen LogP contribution in [0.3, 0.4) is 0 Å². The Hall–Kier alpha value is -0.120. The topological polar surface area (TPSA) is 32.7 Å². The van der Waals surface area contributed by atoms with Gasteiger partial charge in [0.2, 0.25) is 0 Å². The Kier molecular flexibility index (Phi) is 5.26. The summed E-state index contributed by atoms with van der Waals surface area (Å²) in [5.74, 6) is 0.536. The number of likely N-dealkylation sites (tertiary alicyclic amines) is 1. The molecule has 1 aliphatic heterocycles. The predicted molar refractivity (Wildman–Crippen MR) is 69.1 cm³/mol. The number of methoxy groups -OCH3 is 1. The lowest BCUT2D eigenvalue weighted by Gasteiger charge is -2.37. The van der Waals surface area contributed by atoms with Crippen LogP contribution in [0.25, 0.3) is 0 Å². The van der Waals surface area contributed by atoms with Crippen molar-refractivity contribution in [1.82, 2.24) is 4.90 Å². The van der Waals surface area contributed by atoms with Crippen molar-refractivity contribution in [3.8, 4) is 0 Å². The first-order chi connectivity index (χ1) is 8.33. The third-order valence-electron chi connectivity index (χ3n) is 4.48. The fourth-order valence-corrected chi connectivity index (χ4v) is 3.62. The van der Waals surface area contributed by atoms with Crippen molar-refractivity contribution in [2.75, 3.05) is 26.8 Å². The summed E-state index contributed by atoms with van der Waals surface area (Å²) in [5.41, 5.74) is 0. The van der Waals surface area contributed by atoms with E-state index in [4.69, 9.17) is 4.74 Å². The molecule has 2 fully saturated rings. The molecule has 1 saturated heterocycles. The minimum Gasteiger partial charge on any atom is -0.393 e. The van der Waals surface area contributed by atoms with Gasteiger partial charge in [0, 0.05) is 32.2 Å². The van der Waals surface area contributed by atoms with E-state index in [2.05, 4.69) is 4.90 Å². The zero-order valence-corrected chi connectivity index (χ0v) is 11.1. The predicted octanol–water partition coefficient (Wildman–Crippen LogP) is 2.04. The molecule has 0 aromatic carbocycles. The van der Waals surface area contributed by atoms with E-state index < -0.39 is 0 Å². The third-order valence-corrected chi connectivity index (χ3v) is 4.48. The van der Waals surface area contributed by atoms with Crippen molar-refractivity contribution in [2.24, 2.45) is 5.92 Å². The van der Waals surface area contributed by atoms with E-state index in [0.29, 0.717) is 12.0 Å². The molecule has 0 aromatic rings. The second kappa shape index (κ2) is 6.72. The summed E-state index contributed by atoms with van der Waals surface area (Å²) >= 11 is 0. The fraction of sp³-hybridized carbons (Fsp3) is 1.00. The first-order valence-electron chi connectivity index (χ1n) is 7.24. The van der Waals surface area contributed by atoms with Crippen LogP contribution in [0.4, 0.5) is 0 Å². The van der Waals surface area contributed by atoms with E-state index >= 15 is 0 Å². The van der Waals surface area contributed by atoms with Gasteiger partial charge in [0.25, 0.3) is 0 Å². The molecular formula is C14H27NO2. The van der Waals surface area contributed by atoms with E-state index in [0.717, 1.165) is 26.0 Å². The van der Waals surface area contributed by atoms with Crippen molar-refractivity contribution in [3.63, 3.8) is 0 Å². The van der Waals surface area contributed by atoms with Crippen LogP contribution < -0.4 is 0 Å². The van der Waals surface area contributed by atoms with Gasteiger partial charge >= 0.3 is 0 Å². The summed E-state index contributed by atoms with van der Waals surface area (Å²) < 4.78 is 5.13. The largest absolute Gasteiger partial charge is 0.393 e. The number of hydrogen-bond acceptors (Lipinski definition) is 3. The molecule has 2 rings (SSSR count). The first-order valence-corrected chi connectivity index (χ1v) is 7.24. The van der Waals surface area contributed by atoms with Crippen molar-refractivity contribution in [2.45, 2.75) is 57.1 Å². The van der Waals surface area contributed by atoms with Crippen molar-refractivity contribution >= 4 is 0 Å². The molecule has 0 spiro atoms. The standard InChI is InChI=1S/C14H27NO2/c1-17-11-5-10-15-9-4-7-13(15)12-6-2-3-8-14(12)16/h12-14,16H,2-11H2,1H3. The molecule has 2 aliphatic rings. The highest BCUT2D eigenvalue weighted by Crippen LogP contribution is 2.34. The van der Waals surface area contributed by atoms with Gasteiger partial charge in [0.1, 0.15) is 0 Å². The Morgan fingerprint density at radius 3 is 2.76 bits per heavy atom. The van der Waals surface area contributed by atoms with Gasteiger partial charge in [-0.05, 0) is 38.6 Å². The fourth-order valence-electron chi connectivity index (χ4n) is 3.62. The van der Waals surface area contributed by atoms with Gasteiger partial charge < -0.3 is 9.84 Å². The highest BCUT2D eigenvalue weighted by atomic mass is 16.5. The molecule has 0 radical (unpaired) electrons. The number of rotatable bonds is 5. The molecule has 0 amide bonds. The molecule has 100 valence electrons. The van der Waals surface area contributed by atoms with E-state index in [-0.39, 0.29) is 6.10 Å². The van der Waals surface area contributed by atoms with Gasteiger partial charge in [0.15, 0.2) is 0 Å². The van der Waals surface area contributed by atoms with Crippen LogP contribution >= 0.6 is 0 Å². The first kappa shape index (κ1) is 13.3. The van der Waals surface area contributed by atoms with Crippen molar-refractivity contribution in [1.29, 1.82) is 0 Å². The molecule has 3 unspecified atom stereocenters. The summed E-state index contributed by atoms with van der Waals surface area (Å²) in [6.45, 7) is 3.22. The summed E-state index contributed by atoms with van der Waals surface area (Å²) in [7, 11) is 1.77. The average molecular weight is 241 g/mol. The van der Waals surface area contributed by atoms with E-state index in [1.807, 2.05) is 0 Å². The smallest absolute Gasteiger partial charge is 0.0583 e. The molecule has 17 heavy (non-hydrogen) atoms. The maximum atomic E-state index is 10.2. The Morgan fingerprint density at radius 1 is 1.18 bits per heavy atom. The van der Waals surface area contributed by atoms with Crippen molar-refractivity contribution in [3.05, 3.63) is 0 Å². The van der Waals surface area contributed by atoms with E-state index in [1.54, 1.807) is 7.11 Å². The van der Waals surface area contributed by atoms with Gasteiger partial charge in [-0.15, -0.1) is 0 Å². The summed E-state index contributed by atoms with van der Waals surface area (Å²) in [6.07, 6.45) is 8.44. The Balaban J connectivity index is 1.84. The van der Waals surface area contributed by atoms with Gasteiger partial charge in [-0.3, -0.25) is 4.90 Å². The number of aliphatic hydroxyl groups is 1. The summed E-state index contributed by atoms with van der Waals surface area (Å²) in [5, 5.41) is 10.2. The molecule has 3 atom stereocenters. The van der Waals surface area contributed by atoms with Gasteiger partial charge in [-0.1, -0.05) is 12.8 Å². The number of nitrogens with zero attached hydrogens (tertiary/aromatic N) is 1. The summed E-state index contributed by atoms with van der Waals surface area (Å²) in [4.78, 5) is 2.60. The van der Waals surface area contributed by atoms with E-state index in [1.165, 1.54) is 38.6 Å². The quantitative estimate of drug-likeness (QED) is 0.748. The van der Waals surface area contributed by atoms with Crippen LogP contribution in [0.15, 0.2) is 0 Å². The molecule has 1 N–H and O–H groups in total. The van der Waals surface area contributed by atoms with Crippen molar-refractivity contribution < 1.29 is 9.84 Å². The number of aliphatic hydroxyl groups excluding tert-OH is 1. The molecule has 3 nitrogen and oxygen atoms in total. The Bertz CT molecular complexity index is 222. The SMILES string of the molecule is COCCCN1CCCC1C1CCCCC1O. The Labute approximate surface area is 105 Å². The van der Waals surface area contributed by atoms with E-state index in [9.17, 15) is 5.11 Å². The van der Waals surface area contributed by atoms with Crippen LogP contribution in [-0.2, 0) is 4.74 Å². The van der Waals surface area contributed by atoms with Gasteiger partial charge in [-0.25, -0.2) is 0 Å². The van der Waals surface area contributed by atoms with Crippen LogP contribution in [-0.4, -0.2) is 49.0 Å². The van der Waals surface area contributed by atoms with Crippen LogP contribution in [0.2, 0.25) is 0 Å². The Morgan fingerprint density at radius 2 is 2.00 bits per heavy atom. The molecule has 1 aliphatic carbocycles. The maximum Gasteiger partial charge on any atom is 0.0583 e. The molecule has 3 heteroatoms. The highest BCUT2D eigenvalue weighted by molar-refractivity contribution is 4.90. The zero-order valence-electron chi connectivity index (χ0n) is 11.1. The van der Waals surface area contributed by atoms with Crippen LogP contribution in [0.5, 0.6) is 0 Å². The minimum absolute atomic E-state index is 0.0447.